The van der Waals surface area contributed by atoms with Crippen LogP contribution < -0.4 is 15.9 Å². The first-order valence-electron chi connectivity index (χ1n) is 10.6. The third-order valence-corrected chi connectivity index (χ3v) is 5.50. The van der Waals surface area contributed by atoms with Gasteiger partial charge in [0.2, 0.25) is 5.75 Å². The van der Waals surface area contributed by atoms with Gasteiger partial charge >= 0.3 is 6.18 Å². The topological polar surface area (TPSA) is 114 Å². The Morgan fingerprint density at radius 1 is 1.27 bits per heavy atom. The van der Waals surface area contributed by atoms with E-state index in [0.717, 1.165) is 16.7 Å². The zero-order chi connectivity index (χ0) is 26.9. The second-order valence-corrected chi connectivity index (χ2v) is 8.58. The lowest BCUT2D eigenvalue weighted by Crippen LogP contribution is -2.27. The minimum atomic E-state index is -5.03. The molecular weight excluding hydrogens is 518 g/mol. The highest BCUT2D eigenvalue weighted by molar-refractivity contribution is 6.30. The van der Waals surface area contributed by atoms with E-state index in [1.807, 2.05) is 0 Å². The molecule has 3 aromatic rings. The predicted molar refractivity (Wildman–Crippen MR) is 125 cm³/mol. The number of halogens is 5. The van der Waals surface area contributed by atoms with Crippen molar-refractivity contribution < 1.29 is 22.3 Å². The maximum atomic E-state index is 14.0. The number of allylic oxidation sites excluding steroid dienone is 4. The average molecular weight is 534 g/mol. The summed E-state index contributed by atoms with van der Waals surface area (Å²) in [5, 5.41) is 15.2. The Labute approximate surface area is 211 Å². The molecule has 190 valence electrons. The Balaban J connectivity index is 1.75. The van der Waals surface area contributed by atoms with E-state index in [2.05, 4.69) is 15.2 Å². The molecule has 4 rings (SSSR count). The highest BCUT2D eigenvalue weighted by atomic mass is 35.5. The summed E-state index contributed by atoms with van der Waals surface area (Å²) in [5.41, 5.74) is -2.11. The molecule has 37 heavy (non-hydrogen) atoms. The zero-order valence-electron chi connectivity index (χ0n) is 18.9. The summed E-state index contributed by atoms with van der Waals surface area (Å²) >= 11 is 5.89. The fraction of sp³-hybridized carbons (Fsp3) is 0.208. The fourth-order valence-electron chi connectivity index (χ4n) is 3.75. The molecule has 1 aromatic carbocycles. The molecule has 13 heteroatoms. The fourth-order valence-corrected chi connectivity index (χ4v) is 3.97. The van der Waals surface area contributed by atoms with Gasteiger partial charge in [0.25, 0.3) is 11.1 Å². The normalized spacial score (nSPS) is 15.5. The highest BCUT2D eigenvalue weighted by Gasteiger charge is 2.39. The molecule has 0 saturated carbocycles. The highest BCUT2D eigenvalue weighted by Crippen LogP contribution is 2.35. The summed E-state index contributed by atoms with van der Waals surface area (Å²) < 4.78 is 60.9. The lowest BCUT2D eigenvalue weighted by Gasteiger charge is -2.16. The van der Waals surface area contributed by atoms with Crippen LogP contribution in [0.2, 0.25) is 5.02 Å². The zero-order valence-corrected chi connectivity index (χ0v) is 19.7. The van der Waals surface area contributed by atoms with Gasteiger partial charge in [-0.2, -0.15) is 23.5 Å². The quantitative estimate of drug-likeness (QED) is 0.472. The number of H-pyrrole nitrogens is 1. The smallest absolute Gasteiger partial charge is 0.437 e. The number of nitriles is 1. The molecule has 1 aliphatic rings. The molecule has 0 amide bonds. The number of hydrogen-bond donors (Lipinski definition) is 1. The summed E-state index contributed by atoms with van der Waals surface area (Å²) in [5.74, 6) is -1.41. The van der Waals surface area contributed by atoms with Gasteiger partial charge in [-0.25, -0.2) is 14.5 Å². The molecule has 0 aliphatic heterocycles. The third-order valence-electron chi connectivity index (χ3n) is 5.28. The van der Waals surface area contributed by atoms with Crippen LogP contribution in [-0.4, -0.2) is 25.9 Å². The molecule has 1 unspecified atom stereocenters. The van der Waals surface area contributed by atoms with Crippen molar-refractivity contribution >= 4 is 17.2 Å². The molecule has 1 atom stereocenters. The molecule has 1 N–H and O–H groups in total. The molecule has 0 saturated heterocycles. The van der Waals surface area contributed by atoms with E-state index in [9.17, 15) is 27.2 Å². The van der Waals surface area contributed by atoms with E-state index in [-0.39, 0.29) is 40.6 Å². The van der Waals surface area contributed by atoms with Crippen molar-refractivity contribution in [2.75, 3.05) is 0 Å². The molecule has 1 aliphatic carbocycles. The van der Waals surface area contributed by atoms with E-state index in [4.69, 9.17) is 21.6 Å². The maximum Gasteiger partial charge on any atom is 0.437 e. The number of nitrogens with one attached hydrogen (secondary N) is 1. The van der Waals surface area contributed by atoms with Gasteiger partial charge < -0.3 is 4.74 Å². The van der Waals surface area contributed by atoms with Crippen LogP contribution in [0, 0.1) is 11.3 Å². The van der Waals surface area contributed by atoms with Gasteiger partial charge in [-0.1, -0.05) is 23.3 Å². The van der Waals surface area contributed by atoms with E-state index >= 15 is 0 Å². The first kappa shape index (κ1) is 25.8. The van der Waals surface area contributed by atoms with E-state index in [1.54, 1.807) is 19.1 Å². The van der Waals surface area contributed by atoms with Crippen molar-refractivity contribution in [3.05, 3.63) is 96.6 Å². The molecule has 0 bridgehead atoms. The Kier molecular flexibility index (Phi) is 7.00. The molecular formula is C24H16ClF4N5O3. The Bertz CT molecular complexity index is 1600. The molecule has 8 nitrogen and oxygen atoms in total. The lowest BCUT2D eigenvalue weighted by molar-refractivity contribution is -0.142. The van der Waals surface area contributed by atoms with Gasteiger partial charge in [0.05, 0.1) is 30.2 Å². The SMILES string of the molecule is CC1=CC(F)CC(c2cc(Cn3cnc(C(F)(F)F)c(Oc4cc(Cl)cc(C#N)c4)c3=O)n[nH]c2=O)=C1. The number of benzene rings is 1. The molecule has 2 heterocycles. The van der Waals surface area contributed by atoms with Crippen LogP contribution in [0.1, 0.15) is 35.9 Å². The number of hydrogen-bond acceptors (Lipinski definition) is 6. The standard InChI is InChI=1S/C24H16ClF4N5O3/c1-12-2-14(6-16(26)3-12)19-8-17(32-33-22(19)35)10-34-11-31-21(24(27,28)29)20(23(34)36)37-18-5-13(9-30)4-15(25)7-18/h2-5,7-8,11,16H,6,10H2,1H3,(H,33,35). The van der Waals surface area contributed by atoms with Crippen LogP contribution >= 0.6 is 11.6 Å². The Morgan fingerprint density at radius 3 is 2.70 bits per heavy atom. The minimum absolute atomic E-state index is 0.00265. The van der Waals surface area contributed by atoms with Gasteiger partial charge in [-0.3, -0.25) is 14.2 Å². The number of rotatable bonds is 5. The van der Waals surface area contributed by atoms with Gasteiger partial charge in [-0.15, -0.1) is 0 Å². The number of alkyl halides is 4. The summed E-state index contributed by atoms with van der Waals surface area (Å²) in [6.45, 7) is 1.29. The third kappa shape index (κ3) is 5.78. The number of aromatic nitrogens is 4. The van der Waals surface area contributed by atoms with Crippen LogP contribution in [0.4, 0.5) is 17.6 Å². The second-order valence-electron chi connectivity index (χ2n) is 8.15. The van der Waals surface area contributed by atoms with Crippen molar-refractivity contribution in [2.24, 2.45) is 0 Å². The van der Waals surface area contributed by atoms with E-state index in [0.29, 0.717) is 17.5 Å². The van der Waals surface area contributed by atoms with Crippen molar-refractivity contribution in [1.82, 2.24) is 19.7 Å². The average Bonchev–Trinajstić information content (AvgIpc) is 2.81. The van der Waals surface area contributed by atoms with E-state index < -0.39 is 34.9 Å². The van der Waals surface area contributed by atoms with Crippen molar-refractivity contribution in [3.63, 3.8) is 0 Å². The first-order valence-corrected chi connectivity index (χ1v) is 11.0. The van der Waals surface area contributed by atoms with Crippen LogP contribution in [0.15, 0.2) is 57.9 Å². The van der Waals surface area contributed by atoms with Crippen molar-refractivity contribution in [1.29, 1.82) is 5.26 Å². The largest absolute Gasteiger partial charge is 0.449 e. The van der Waals surface area contributed by atoms with Crippen LogP contribution in [0.3, 0.4) is 0 Å². The second kappa shape index (κ2) is 10.0. The van der Waals surface area contributed by atoms with Gasteiger partial charge in [-0.05, 0) is 42.8 Å². The summed E-state index contributed by atoms with van der Waals surface area (Å²) in [4.78, 5) is 28.8. The Hall–Kier alpha value is -4.24. The Morgan fingerprint density at radius 2 is 2.03 bits per heavy atom. The molecule has 0 fully saturated rings. The van der Waals surface area contributed by atoms with Crippen LogP contribution in [0.25, 0.3) is 5.57 Å². The summed E-state index contributed by atoms with van der Waals surface area (Å²) in [7, 11) is 0. The van der Waals surface area contributed by atoms with Crippen molar-refractivity contribution in [3.8, 4) is 17.6 Å². The molecule has 0 spiro atoms. The van der Waals surface area contributed by atoms with Gasteiger partial charge in [0.1, 0.15) is 11.9 Å². The number of aromatic amines is 1. The van der Waals surface area contributed by atoms with Crippen molar-refractivity contribution in [2.45, 2.75) is 32.2 Å². The molecule has 0 radical (unpaired) electrons. The van der Waals surface area contributed by atoms with Gasteiger partial charge in [0, 0.05) is 17.0 Å². The number of nitrogens with zero attached hydrogens (tertiary/aromatic N) is 4. The predicted octanol–water partition coefficient (Wildman–Crippen LogP) is 4.78. The lowest BCUT2D eigenvalue weighted by atomic mass is 9.94. The van der Waals surface area contributed by atoms with Crippen LogP contribution in [0.5, 0.6) is 11.5 Å². The minimum Gasteiger partial charge on any atom is -0.449 e. The summed E-state index contributed by atoms with van der Waals surface area (Å²) in [6, 6.07) is 6.64. The maximum absolute atomic E-state index is 14.0. The monoisotopic (exact) mass is 533 g/mol. The molecule has 2 aromatic heterocycles. The van der Waals surface area contributed by atoms with E-state index in [1.165, 1.54) is 18.2 Å². The van der Waals surface area contributed by atoms with Gasteiger partial charge in [0.15, 0.2) is 5.69 Å². The van der Waals surface area contributed by atoms with Crippen LogP contribution in [-0.2, 0) is 12.7 Å². The summed E-state index contributed by atoms with van der Waals surface area (Å²) in [6.07, 6.45) is -2.64. The number of ether oxygens (including phenoxy) is 1. The first-order chi connectivity index (χ1) is 17.4.